The maximum absolute atomic E-state index is 13.9. The monoisotopic (exact) mass is 515 g/mol. The van der Waals surface area contributed by atoms with Crippen LogP contribution in [0.4, 0.5) is 0 Å². The van der Waals surface area contributed by atoms with E-state index in [9.17, 15) is 14.7 Å². The summed E-state index contributed by atoms with van der Waals surface area (Å²) in [5, 5.41) is 18.8. The van der Waals surface area contributed by atoms with Gasteiger partial charge in [0.05, 0.1) is 12.5 Å². The Hall–Kier alpha value is -2.94. The molecule has 8 nitrogen and oxygen atoms in total. The molecular formula is C25H23Cl2N3O5. The van der Waals surface area contributed by atoms with Crippen LogP contribution in [0.3, 0.4) is 0 Å². The average molecular weight is 516 g/mol. The first-order valence-corrected chi connectivity index (χ1v) is 12.1. The van der Waals surface area contributed by atoms with Gasteiger partial charge in [-0.1, -0.05) is 47.5 Å². The van der Waals surface area contributed by atoms with Gasteiger partial charge < -0.3 is 19.2 Å². The van der Waals surface area contributed by atoms with Crippen molar-refractivity contribution in [3.8, 4) is 0 Å². The van der Waals surface area contributed by atoms with E-state index in [1.54, 1.807) is 42.2 Å². The van der Waals surface area contributed by atoms with Crippen molar-refractivity contribution in [3.63, 3.8) is 0 Å². The summed E-state index contributed by atoms with van der Waals surface area (Å²) in [4.78, 5) is 27.3. The number of carbonyl (C=O) groups is 2. The lowest BCUT2D eigenvalue weighted by molar-refractivity contribution is -0.185. The highest BCUT2D eigenvalue weighted by Crippen LogP contribution is 2.52. The lowest BCUT2D eigenvalue weighted by Crippen LogP contribution is -2.53. The van der Waals surface area contributed by atoms with Crippen LogP contribution in [0.2, 0.25) is 10.0 Å². The van der Waals surface area contributed by atoms with Crippen molar-refractivity contribution in [3.05, 3.63) is 81.5 Å². The summed E-state index contributed by atoms with van der Waals surface area (Å²) in [6, 6.07) is 13.2. The molecule has 35 heavy (non-hydrogen) atoms. The molecule has 0 spiro atoms. The number of morpholine rings is 1. The van der Waals surface area contributed by atoms with Crippen LogP contribution in [0.25, 0.3) is 0 Å². The van der Waals surface area contributed by atoms with Crippen LogP contribution >= 0.6 is 23.2 Å². The largest absolute Gasteiger partial charge is 0.481 e. The quantitative estimate of drug-likeness (QED) is 0.453. The highest BCUT2D eigenvalue weighted by atomic mass is 35.5. The summed E-state index contributed by atoms with van der Waals surface area (Å²) in [5.74, 6) is -0.730. The minimum absolute atomic E-state index is 0.109. The molecule has 1 aromatic heterocycles. The summed E-state index contributed by atoms with van der Waals surface area (Å²) >= 11 is 12.5. The fourth-order valence-electron chi connectivity index (χ4n) is 4.69. The number of ether oxygens (including phenoxy) is 1. The maximum Gasteiger partial charge on any atom is 0.306 e. The van der Waals surface area contributed by atoms with E-state index in [2.05, 4.69) is 10.2 Å². The van der Waals surface area contributed by atoms with E-state index in [0.717, 1.165) is 24.0 Å². The molecule has 1 saturated heterocycles. The van der Waals surface area contributed by atoms with Crippen LogP contribution in [0, 0.1) is 12.8 Å². The van der Waals surface area contributed by atoms with E-state index in [1.807, 2.05) is 18.2 Å². The molecule has 2 heterocycles. The third kappa shape index (κ3) is 4.91. The van der Waals surface area contributed by atoms with Crippen molar-refractivity contribution >= 4 is 35.1 Å². The Morgan fingerprint density at radius 3 is 2.46 bits per heavy atom. The van der Waals surface area contributed by atoms with Gasteiger partial charge in [0, 0.05) is 17.0 Å². The predicted molar refractivity (Wildman–Crippen MR) is 127 cm³/mol. The van der Waals surface area contributed by atoms with E-state index in [4.69, 9.17) is 32.4 Å². The van der Waals surface area contributed by atoms with Crippen LogP contribution in [0.1, 0.15) is 60.4 Å². The van der Waals surface area contributed by atoms with Gasteiger partial charge in [-0.25, -0.2) is 0 Å². The average Bonchev–Trinajstić information content (AvgIpc) is 3.56. The molecule has 4 atom stereocenters. The molecule has 1 saturated carbocycles. The van der Waals surface area contributed by atoms with Crippen molar-refractivity contribution in [2.24, 2.45) is 5.92 Å². The molecule has 0 radical (unpaired) electrons. The number of benzene rings is 2. The van der Waals surface area contributed by atoms with Crippen LogP contribution in [-0.2, 0) is 14.3 Å². The van der Waals surface area contributed by atoms with E-state index in [-0.39, 0.29) is 5.92 Å². The molecule has 1 aliphatic heterocycles. The number of aliphatic carboxylic acids is 1. The Morgan fingerprint density at radius 1 is 1.11 bits per heavy atom. The zero-order valence-corrected chi connectivity index (χ0v) is 20.3. The van der Waals surface area contributed by atoms with Crippen molar-refractivity contribution in [2.45, 2.75) is 50.5 Å². The maximum atomic E-state index is 13.9. The molecule has 1 amide bonds. The van der Waals surface area contributed by atoms with Gasteiger partial charge in [-0.05, 0) is 54.2 Å². The Bertz CT molecular complexity index is 1240. The zero-order chi connectivity index (χ0) is 24.7. The minimum atomic E-state index is -1.19. The highest BCUT2D eigenvalue weighted by molar-refractivity contribution is 6.30. The lowest BCUT2D eigenvalue weighted by Gasteiger charge is -2.47. The molecule has 2 aromatic carbocycles. The number of hydrogen-bond donors (Lipinski definition) is 1. The standard InChI is InChI=1S/C25H23Cl2N3O5/c1-13-28-29-24(34-13)22(15-5-6-15)30-21(14-7-9-17(26)10-8-14)23(16-3-2-4-18(27)11-16)35-19(25(30)33)12-20(31)32/h2-4,7-11,15,19,21-23H,5-6,12H2,1H3,(H,31,32)/t19-,21+,22+,23-/m0/s1. The first-order chi connectivity index (χ1) is 16.8. The Labute approximate surface area is 211 Å². The second-order valence-electron chi connectivity index (χ2n) is 8.88. The van der Waals surface area contributed by atoms with Gasteiger partial charge >= 0.3 is 5.97 Å². The Balaban J connectivity index is 1.69. The van der Waals surface area contributed by atoms with Crippen molar-refractivity contribution in [1.29, 1.82) is 0 Å². The topological polar surface area (TPSA) is 106 Å². The Morgan fingerprint density at radius 2 is 1.86 bits per heavy atom. The number of nitrogens with zero attached hydrogens (tertiary/aromatic N) is 3. The number of carboxylic acid groups (broad SMARTS) is 1. The smallest absolute Gasteiger partial charge is 0.306 e. The number of carboxylic acids is 1. The summed E-state index contributed by atoms with van der Waals surface area (Å²) in [5.41, 5.74) is 1.50. The molecule has 2 aliphatic rings. The summed E-state index contributed by atoms with van der Waals surface area (Å²) in [6.45, 7) is 1.69. The van der Waals surface area contributed by atoms with Gasteiger partial charge in [-0.3, -0.25) is 9.59 Å². The summed E-state index contributed by atoms with van der Waals surface area (Å²) < 4.78 is 12.1. The first kappa shape index (κ1) is 23.8. The highest BCUT2D eigenvalue weighted by Gasteiger charge is 2.52. The fourth-order valence-corrected chi connectivity index (χ4v) is 5.02. The number of hydrogen-bond acceptors (Lipinski definition) is 6. The van der Waals surface area contributed by atoms with E-state index in [0.29, 0.717) is 21.8 Å². The van der Waals surface area contributed by atoms with Crippen LogP contribution < -0.4 is 0 Å². The minimum Gasteiger partial charge on any atom is -0.481 e. The number of aromatic nitrogens is 2. The molecule has 5 rings (SSSR count). The van der Waals surface area contributed by atoms with E-state index in [1.165, 1.54) is 0 Å². The SMILES string of the molecule is Cc1nnc([C@@H](C2CC2)N2C(=O)[C@H](CC(=O)O)O[C@@H](c3cccc(Cl)c3)[C@H]2c2ccc(Cl)cc2)o1. The number of aryl methyl sites for hydroxylation is 1. The summed E-state index contributed by atoms with van der Waals surface area (Å²) in [7, 11) is 0. The molecule has 10 heteroatoms. The fraction of sp³-hybridized carbons (Fsp3) is 0.360. The first-order valence-electron chi connectivity index (χ1n) is 11.3. The van der Waals surface area contributed by atoms with Gasteiger partial charge in [0.15, 0.2) is 0 Å². The third-order valence-corrected chi connectivity index (χ3v) is 6.83. The second kappa shape index (κ2) is 9.60. The third-order valence-electron chi connectivity index (χ3n) is 6.34. The normalized spacial score (nSPS) is 23.3. The van der Waals surface area contributed by atoms with Crippen LogP contribution in [-0.4, -0.2) is 38.2 Å². The zero-order valence-electron chi connectivity index (χ0n) is 18.8. The summed E-state index contributed by atoms with van der Waals surface area (Å²) in [6.07, 6.45) is -0.585. The number of halogens is 2. The van der Waals surface area contributed by atoms with Crippen molar-refractivity contribution in [2.75, 3.05) is 0 Å². The van der Waals surface area contributed by atoms with Crippen LogP contribution in [0.15, 0.2) is 52.9 Å². The van der Waals surface area contributed by atoms with E-state index < -0.39 is 42.6 Å². The molecule has 1 N–H and O–H groups in total. The molecule has 0 unspecified atom stereocenters. The van der Waals surface area contributed by atoms with E-state index >= 15 is 0 Å². The van der Waals surface area contributed by atoms with Crippen molar-refractivity contribution < 1.29 is 23.8 Å². The molecule has 182 valence electrons. The molecule has 2 fully saturated rings. The van der Waals surface area contributed by atoms with Gasteiger partial charge in [0.25, 0.3) is 5.91 Å². The molecular weight excluding hydrogens is 493 g/mol. The Kier molecular flexibility index (Phi) is 6.53. The van der Waals surface area contributed by atoms with Gasteiger partial charge in [-0.2, -0.15) is 0 Å². The predicted octanol–water partition coefficient (Wildman–Crippen LogP) is 5.32. The molecule has 3 aromatic rings. The van der Waals surface area contributed by atoms with Crippen molar-refractivity contribution in [1.82, 2.24) is 15.1 Å². The number of carbonyl (C=O) groups excluding carboxylic acids is 1. The molecule has 0 bridgehead atoms. The number of amides is 1. The lowest BCUT2D eigenvalue weighted by atomic mass is 9.89. The van der Waals surface area contributed by atoms with Gasteiger partial charge in [0.2, 0.25) is 11.8 Å². The van der Waals surface area contributed by atoms with Gasteiger partial charge in [-0.15, -0.1) is 10.2 Å². The second-order valence-corrected chi connectivity index (χ2v) is 9.75. The van der Waals surface area contributed by atoms with Crippen LogP contribution in [0.5, 0.6) is 0 Å². The number of rotatable bonds is 7. The van der Waals surface area contributed by atoms with Gasteiger partial charge in [0.1, 0.15) is 18.2 Å². The molecule has 1 aliphatic carbocycles.